The van der Waals surface area contributed by atoms with Crippen LogP contribution in [0.4, 0.5) is 0 Å². The van der Waals surface area contributed by atoms with Crippen molar-refractivity contribution in [2.45, 2.75) is 31.9 Å². The molecule has 4 N–H and O–H groups in total. The first-order valence-electron chi connectivity index (χ1n) is 4.94. The lowest BCUT2D eigenvalue weighted by Gasteiger charge is -2.14. The fourth-order valence-corrected chi connectivity index (χ4v) is 1.33. The van der Waals surface area contributed by atoms with Crippen molar-refractivity contribution in [1.29, 1.82) is 0 Å². The van der Waals surface area contributed by atoms with E-state index in [2.05, 4.69) is 15.3 Å². The number of carboxylic acids is 1. The van der Waals surface area contributed by atoms with Gasteiger partial charge in [0, 0.05) is 18.9 Å². The van der Waals surface area contributed by atoms with E-state index in [9.17, 15) is 14.4 Å². The number of carboxylic acid groups (broad SMARTS) is 1. The van der Waals surface area contributed by atoms with E-state index in [1.165, 1.54) is 0 Å². The van der Waals surface area contributed by atoms with E-state index in [1.54, 1.807) is 6.92 Å². The van der Waals surface area contributed by atoms with Gasteiger partial charge in [-0.3, -0.25) is 9.59 Å². The summed E-state index contributed by atoms with van der Waals surface area (Å²) in [7, 11) is 0. The summed E-state index contributed by atoms with van der Waals surface area (Å²) in [5, 5.41) is 14.4. The van der Waals surface area contributed by atoms with Gasteiger partial charge in [0.25, 0.3) is 5.91 Å². The summed E-state index contributed by atoms with van der Waals surface area (Å²) in [6.45, 7) is 1.61. The molecule has 2 unspecified atom stereocenters. The normalized spacial score (nSPS) is 20.1. The maximum absolute atomic E-state index is 11.6. The molecule has 0 aromatic rings. The summed E-state index contributed by atoms with van der Waals surface area (Å²) < 4.78 is 0. The highest BCUT2D eigenvalue weighted by Gasteiger charge is 2.32. The van der Waals surface area contributed by atoms with Crippen LogP contribution in [0, 0.1) is 0 Å². The SMILES string of the molecule is CC(CC(N)=O)NC(=O)C1CC(C(=O)O)=NO1. The smallest absolute Gasteiger partial charge is 0.353 e. The zero-order chi connectivity index (χ0) is 13.0. The number of carbonyl (C=O) groups excluding carboxylic acids is 2. The molecule has 0 aromatic carbocycles. The van der Waals surface area contributed by atoms with Gasteiger partial charge in [0.2, 0.25) is 12.0 Å². The van der Waals surface area contributed by atoms with Crippen LogP contribution in [0.3, 0.4) is 0 Å². The molecule has 0 saturated heterocycles. The van der Waals surface area contributed by atoms with Crippen LogP contribution >= 0.6 is 0 Å². The predicted octanol–water partition coefficient (Wildman–Crippen LogP) is -1.40. The highest BCUT2D eigenvalue weighted by atomic mass is 16.6. The maximum Gasteiger partial charge on any atom is 0.353 e. The molecule has 0 bridgehead atoms. The Labute approximate surface area is 96.8 Å². The minimum atomic E-state index is -1.22. The van der Waals surface area contributed by atoms with E-state index in [0.29, 0.717) is 0 Å². The Balaban J connectivity index is 2.41. The van der Waals surface area contributed by atoms with Gasteiger partial charge in [-0.15, -0.1) is 0 Å². The molecule has 8 heteroatoms. The Morgan fingerprint density at radius 1 is 1.65 bits per heavy atom. The summed E-state index contributed by atoms with van der Waals surface area (Å²) in [6.07, 6.45) is -1.05. The second-order valence-corrected chi connectivity index (χ2v) is 3.72. The van der Waals surface area contributed by atoms with E-state index in [1.807, 2.05) is 0 Å². The van der Waals surface area contributed by atoms with Gasteiger partial charge in [0.15, 0.2) is 5.71 Å². The van der Waals surface area contributed by atoms with Gasteiger partial charge in [-0.2, -0.15) is 0 Å². The third kappa shape index (κ3) is 3.74. The van der Waals surface area contributed by atoms with Crippen LogP contribution in [-0.4, -0.2) is 40.7 Å². The molecule has 1 aliphatic heterocycles. The standard InChI is InChI=1S/C9H13N3O5/c1-4(2-7(10)13)11-8(14)6-3-5(9(15)16)12-17-6/h4,6H,2-3H2,1H3,(H2,10,13)(H,11,14)(H,15,16). The van der Waals surface area contributed by atoms with Gasteiger partial charge < -0.3 is 21.0 Å². The molecule has 0 aliphatic carbocycles. The quantitative estimate of drug-likeness (QED) is 0.546. The minimum Gasteiger partial charge on any atom is -0.477 e. The Morgan fingerprint density at radius 2 is 2.29 bits per heavy atom. The summed E-state index contributed by atoms with van der Waals surface area (Å²) in [4.78, 5) is 37.4. The van der Waals surface area contributed by atoms with E-state index >= 15 is 0 Å². The molecule has 0 aromatic heterocycles. The largest absolute Gasteiger partial charge is 0.477 e. The molecule has 1 rings (SSSR count). The van der Waals surface area contributed by atoms with Crippen molar-refractivity contribution < 1.29 is 24.3 Å². The average Bonchev–Trinajstić information content (AvgIpc) is 2.64. The topological polar surface area (TPSA) is 131 Å². The van der Waals surface area contributed by atoms with Crippen molar-refractivity contribution in [3.8, 4) is 0 Å². The molecule has 0 fully saturated rings. The molecule has 2 amide bonds. The number of carbonyl (C=O) groups is 3. The van der Waals surface area contributed by atoms with E-state index in [0.717, 1.165) is 0 Å². The van der Waals surface area contributed by atoms with Crippen LogP contribution < -0.4 is 11.1 Å². The van der Waals surface area contributed by atoms with Crippen LogP contribution in [0.1, 0.15) is 19.8 Å². The van der Waals surface area contributed by atoms with Gasteiger partial charge >= 0.3 is 5.97 Å². The van der Waals surface area contributed by atoms with Crippen molar-refractivity contribution in [2.75, 3.05) is 0 Å². The number of nitrogens with one attached hydrogen (secondary N) is 1. The zero-order valence-corrected chi connectivity index (χ0v) is 9.17. The third-order valence-corrected chi connectivity index (χ3v) is 2.10. The third-order valence-electron chi connectivity index (χ3n) is 2.10. The monoisotopic (exact) mass is 243 g/mol. The number of hydrogen-bond donors (Lipinski definition) is 3. The number of nitrogens with two attached hydrogens (primary N) is 1. The Hall–Kier alpha value is -2.12. The molecule has 94 valence electrons. The fourth-order valence-electron chi connectivity index (χ4n) is 1.33. The Bertz CT molecular complexity index is 379. The molecule has 0 radical (unpaired) electrons. The van der Waals surface area contributed by atoms with Crippen molar-refractivity contribution in [3.63, 3.8) is 0 Å². The summed E-state index contributed by atoms with van der Waals surface area (Å²) in [6, 6.07) is -0.433. The van der Waals surface area contributed by atoms with E-state index in [-0.39, 0.29) is 18.6 Å². The predicted molar refractivity (Wildman–Crippen MR) is 56.0 cm³/mol. The first kappa shape index (κ1) is 12.9. The first-order chi connectivity index (χ1) is 7.90. The van der Waals surface area contributed by atoms with Crippen LogP contribution in [-0.2, 0) is 19.2 Å². The highest BCUT2D eigenvalue weighted by Crippen LogP contribution is 2.11. The summed E-state index contributed by atoms with van der Waals surface area (Å²) in [5.41, 5.74) is 4.76. The molecule has 1 aliphatic rings. The number of amides is 2. The number of hydrogen-bond acceptors (Lipinski definition) is 5. The molecular formula is C9H13N3O5. The van der Waals surface area contributed by atoms with Crippen molar-refractivity contribution >= 4 is 23.5 Å². The lowest BCUT2D eigenvalue weighted by Crippen LogP contribution is -2.42. The molecule has 8 nitrogen and oxygen atoms in total. The number of oxime groups is 1. The number of aliphatic carboxylic acids is 1. The lowest BCUT2D eigenvalue weighted by molar-refractivity contribution is -0.132. The minimum absolute atomic E-state index is 0.00506. The van der Waals surface area contributed by atoms with Gasteiger partial charge in [-0.05, 0) is 6.92 Å². The Morgan fingerprint density at radius 3 is 2.76 bits per heavy atom. The van der Waals surface area contributed by atoms with Crippen molar-refractivity contribution in [3.05, 3.63) is 0 Å². The molecule has 2 atom stereocenters. The molecular weight excluding hydrogens is 230 g/mol. The van der Waals surface area contributed by atoms with Crippen LogP contribution in [0.25, 0.3) is 0 Å². The van der Waals surface area contributed by atoms with Crippen LogP contribution in [0.2, 0.25) is 0 Å². The second-order valence-electron chi connectivity index (χ2n) is 3.72. The lowest BCUT2D eigenvalue weighted by atomic mass is 10.1. The van der Waals surface area contributed by atoms with Crippen LogP contribution in [0.15, 0.2) is 5.16 Å². The second kappa shape index (κ2) is 5.28. The first-order valence-corrected chi connectivity index (χ1v) is 4.94. The fraction of sp³-hybridized carbons (Fsp3) is 0.556. The van der Waals surface area contributed by atoms with Gasteiger partial charge in [-0.25, -0.2) is 4.79 Å². The summed E-state index contributed by atoms with van der Waals surface area (Å²) >= 11 is 0. The van der Waals surface area contributed by atoms with Crippen molar-refractivity contribution in [1.82, 2.24) is 5.32 Å². The zero-order valence-electron chi connectivity index (χ0n) is 9.17. The van der Waals surface area contributed by atoms with Gasteiger partial charge in [-0.1, -0.05) is 5.16 Å². The van der Waals surface area contributed by atoms with Crippen molar-refractivity contribution in [2.24, 2.45) is 10.9 Å². The molecule has 1 heterocycles. The van der Waals surface area contributed by atoms with E-state index < -0.39 is 29.9 Å². The van der Waals surface area contributed by atoms with E-state index in [4.69, 9.17) is 10.8 Å². The average molecular weight is 243 g/mol. The number of rotatable bonds is 5. The van der Waals surface area contributed by atoms with Crippen LogP contribution in [0.5, 0.6) is 0 Å². The molecule has 0 saturated carbocycles. The molecule has 0 spiro atoms. The Kier molecular flexibility index (Phi) is 4.02. The summed E-state index contributed by atoms with van der Waals surface area (Å²) in [5.74, 6) is -2.27. The maximum atomic E-state index is 11.6. The number of nitrogens with zero attached hydrogens (tertiary/aromatic N) is 1. The molecule has 17 heavy (non-hydrogen) atoms. The highest BCUT2D eigenvalue weighted by molar-refractivity contribution is 6.36. The van der Waals surface area contributed by atoms with Gasteiger partial charge in [0.1, 0.15) is 0 Å². The van der Waals surface area contributed by atoms with Gasteiger partial charge in [0.05, 0.1) is 0 Å². The number of primary amides is 1.